The van der Waals surface area contributed by atoms with Gasteiger partial charge in [0.1, 0.15) is 0 Å². The van der Waals surface area contributed by atoms with Crippen molar-refractivity contribution in [2.75, 3.05) is 11.3 Å². The van der Waals surface area contributed by atoms with E-state index in [1.165, 1.54) is 48.7 Å². The third-order valence-corrected chi connectivity index (χ3v) is 6.40. The number of hydrogen-bond donors (Lipinski definition) is 2. The van der Waals surface area contributed by atoms with E-state index in [9.17, 15) is 17.6 Å². The van der Waals surface area contributed by atoms with E-state index in [0.29, 0.717) is 22.7 Å². The number of Topliss-reactive ketones (excluding diaryl/α,β-unsaturated/α-hetero) is 1. The van der Waals surface area contributed by atoms with Gasteiger partial charge >= 0.3 is 0 Å². The molecule has 0 atom stereocenters. The average molecular weight is 470 g/mol. The molecule has 1 aromatic heterocycles. The van der Waals surface area contributed by atoms with Crippen LogP contribution in [0, 0.1) is 5.95 Å². The van der Waals surface area contributed by atoms with E-state index < -0.39 is 16.0 Å². The number of aromatic nitrogens is 1. The van der Waals surface area contributed by atoms with Crippen LogP contribution in [0.15, 0.2) is 89.6 Å². The third kappa shape index (κ3) is 4.56. The lowest BCUT2D eigenvalue weighted by molar-refractivity contribution is 0.103. The van der Waals surface area contributed by atoms with Crippen molar-refractivity contribution in [2.24, 2.45) is 0 Å². The molecule has 162 valence electrons. The van der Waals surface area contributed by atoms with Gasteiger partial charge in [-0.2, -0.15) is 4.39 Å². The number of rotatable bonds is 6. The van der Waals surface area contributed by atoms with Crippen LogP contribution in [-0.4, -0.2) is 25.7 Å². The van der Waals surface area contributed by atoms with Gasteiger partial charge in [0, 0.05) is 34.5 Å². The Hall–Kier alpha value is -3.49. The van der Waals surface area contributed by atoms with Gasteiger partial charge < -0.3 is 5.32 Å². The van der Waals surface area contributed by atoms with Crippen molar-refractivity contribution in [2.45, 2.75) is 4.90 Å². The van der Waals surface area contributed by atoms with Gasteiger partial charge in [0.15, 0.2) is 5.78 Å². The predicted octanol–water partition coefficient (Wildman–Crippen LogP) is 4.57. The SMILES string of the molecule is O=C(C1=CCNC=C1)c1cc(Cl)ccc1NS(=O)(=O)c1ccc(-c2cccnc2F)cc1. The maximum Gasteiger partial charge on any atom is 0.261 e. The molecule has 0 radical (unpaired) electrons. The molecule has 0 aliphatic carbocycles. The molecule has 1 aliphatic rings. The fourth-order valence-electron chi connectivity index (χ4n) is 3.19. The number of allylic oxidation sites excluding steroid dienone is 2. The molecule has 3 aromatic rings. The van der Waals surface area contributed by atoms with Crippen LogP contribution in [0.3, 0.4) is 0 Å². The quantitative estimate of drug-likeness (QED) is 0.408. The fourth-order valence-corrected chi connectivity index (χ4v) is 4.44. The van der Waals surface area contributed by atoms with Gasteiger partial charge in [-0.15, -0.1) is 0 Å². The molecule has 9 heteroatoms. The third-order valence-electron chi connectivity index (χ3n) is 4.79. The molecule has 0 saturated carbocycles. The molecule has 0 unspecified atom stereocenters. The minimum absolute atomic E-state index is 0.0418. The van der Waals surface area contributed by atoms with Crippen molar-refractivity contribution in [3.8, 4) is 11.1 Å². The van der Waals surface area contributed by atoms with Gasteiger partial charge in [0.2, 0.25) is 5.95 Å². The molecule has 0 spiro atoms. The maximum atomic E-state index is 13.9. The first-order valence-electron chi connectivity index (χ1n) is 9.53. The Balaban J connectivity index is 1.64. The smallest absolute Gasteiger partial charge is 0.261 e. The summed E-state index contributed by atoms with van der Waals surface area (Å²) in [4.78, 5) is 16.5. The standard InChI is InChI=1S/C23H17ClFN3O3S/c24-17-5-8-21(20(14-17)22(29)16-9-12-26-13-10-16)28-32(30,31)18-6-3-15(4-7-18)19-2-1-11-27-23(19)25/h1-12,14,26,28H,13H2. The van der Waals surface area contributed by atoms with Gasteiger partial charge in [0.25, 0.3) is 10.0 Å². The van der Waals surface area contributed by atoms with E-state index in [1.54, 1.807) is 30.5 Å². The van der Waals surface area contributed by atoms with E-state index in [2.05, 4.69) is 15.0 Å². The van der Waals surface area contributed by atoms with Gasteiger partial charge in [-0.3, -0.25) is 9.52 Å². The molecule has 32 heavy (non-hydrogen) atoms. The van der Waals surface area contributed by atoms with E-state index in [-0.39, 0.29) is 27.5 Å². The number of ketones is 1. The summed E-state index contributed by atoms with van der Waals surface area (Å²) in [5.41, 5.74) is 1.41. The minimum Gasteiger partial charge on any atom is -0.387 e. The zero-order chi connectivity index (χ0) is 22.7. The van der Waals surface area contributed by atoms with Crippen LogP contribution < -0.4 is 10.0 Å². The number of dihydropyridines is 1. The molecule has 0 fully saturated rings. The van der Waals surface area contributed by atoms with Crippen molar-refractivity contribution in [3.63, 3.8) is 0 Å². The molecule has 2 N–H and O–H groups in total. The Morgan fingerprint density at radius 3 is 2.59 bits per heavy atom. The molecule has 4 rings (SSSR count). The van der Waals surface area contributed by atoms with E-state index in [0.717, 1.165) is 0 Å². The number of nitrogens with zero attached hydrogens (tertiary/aromatic N) is 1. The van der Waals surface area contributed by atoms with Crippen LogP contribution in [0.1, 0.15) is 10.4 Å². The monoisotopic (exact) mass is 469 g/mol. The number of nitrogens with one attached hydrogen (secondary N) is 2. The molecule has 0 amide bonds. The molecule has 0 saturated heterocycles. The lowest BCUT2D eigenvalue weighted by Gasteiger charge is -2.14. The fraction of sp³-hybridized carbons (Fsp3) is 0.0435. The Morgan fingerprint density at radius 1 is 1.12 bits per heavy atom. The number of hydrogen-bond acceptors (Lipinski definition) is 5. The van der Waals surface area contributed by atoms with E-state index in [1.807, 2.05) is 0 Å². The first-order valence-corrected chi connectivity index (χ1v) is 11.4. The summed E-state index contributed by atoms with van der Waals surface area (Å²) in [5, 5.41) is 3.26. The maximum absolute atomic E-state index is 13.9. The minimum atomic E-state index is -4.03. The summed E-state index contributed by atoms with van der Waals surface area (Å²) in [7, 11) is -4.03. The lowest BCUT2D eigenvalue weighted by Crippen LogP contribution is -2.17. The number of carbonyl (C=O) groups is 1. The molecular weight excluding hydrogens is 453 g/mol. The van der Waals surface area contributed by atoms with Crippen LogP contribution in [0.4, 0.5) is 10.1 Å². The molecule has 2 heterocycles. The highest BCUT2D eigenvalue weighted by atomic mass is 35.5. The summed E-state index contributed by atoms with van der Waals surface area (Å²) in [6.45, 7) is 0.489. The number of halogens is 2. The zero-order valence-corrected chi connectivity index (χ0v) is 18.1. The van der Waals surface area contributed by atoms with Crippen molar-refractivity contribution in [1.82, 2.24) is 10.3 Å². The van der Waals surface area contributed by atoms with E-state index >= 15 is 0 Å². The largest absolute Gasteiger partial charge is 0.387 e. The van der Waals surface area contributed by atoms with Gasteiger partial charge in [-0.05, 0) is 60.3 Å². The second-order valence-corrected chi connectivity index (χ2v) is 9.01. The molecule has 1 aliphatic heterocycles. The molecule has 6 nitrogen and oxygen atoms in total. The number of anilines is 1. The second-order valence-electron chi connectivity index (χ2n) is 6.89. The summed E-state index contributed by atoms with van der Waals surface area (Å²) >= 11 is 6.06. The number of sulfonamides is 1. The lowest BCUT2D eigenvalue weighted by atomic mass is 10.0. The van der Waals surface area contributed by atoms with Gasteiger partial charge in [0.05, 0.1) is 10.6 Å². The van der Waals surface area contributed by atoms with Crippen molar-refractivity contribution in [1.29, 1.82) is 0 Å². The second kappa shape index (κ2) is 8.94. The highest BCUT2D eigenvalue weighted by molar-refractivity contribution is 7.92. The normalized spacial score (nSPS) is 13.2. The first kappa shape index (κ1) is 21.7. The van der Waals surface area contributed by atoms with Crippen LogP contribution >= 0.6 is 11.6 Å². The van der Waals surface area contributed by atoms with Crippen molar-refractivity contribution in [3.05, 3.63) is 101 Å². The molecule has 0 bridgehead atoms. The number of carbonyl (C=O) groups excluding carboxylic acids is 1. The predicted molar refractivity (Wildman–Crippen MR) is 121 cm³/mol. The van der Waals surface area contributed by atoms with Gasteiger partial charge in [-0.25, -0.2) is 13.4 Å². The summed E-state index contributed by atoms with van der Waals surface area (Å²) in [6, 6.07) is 13.2. The topological polar surface area (TPSA) is 88.2 Å². The highest BCUT2D eigenvalue weighted by Gasteiger charge is 2.21. The summed E-state index contributed by atoms with van der Waals surface area (Å²) in [5.74, 6) is -1.00. The van der Waals surface area contributed by atoms with Crippen molar-refractivity contribution >= 4 is 33.1 Å². The average Bonchev–Trinajstić information content (AvgIpc) is 2.81. The van der Waals surface area contributed by atoms with Crippen LogP contribution in [0.25, 0.3) is 11.1 Å². The Bertz CT molecular complexity index is 1350. The molecular formula is C23H17ClFN3O3S. The highest BCUT2D eigenvalue weighted by Crippen LogP contribution is 2.28. The summed E-state index contributed by atoms with van der Waals surface area (Å²) < 4.78 is 42.3. The summed E-state index contributed by atoms with van der Waals surface area (Å²) in [6.07, 6.45) is 6.30. The van der Waals surface area contributed by atoms with Crippen LogP contribution in [-0.2, 0) is 10.0 Å². The van der Waals surface area contributed by atoms with Gasteiger partial charge in [-0.1, -0.05) is 29.8 Å². The van der Waals surface area contributed by atoms with Crippen molar-refractivity contribution < 1.29 is 17.6 Å². The van der Waals surface area contributed by atoms with Crippen LogP contribution in [0.5, 0.6) is 0 Å². The molecule has 2 aromatic carbocycles. The Kier molecular flexibility index (Phi) is 6.07. The number of pyridine rings is 1. The Labute approximate surface area is 189 Å². The zero-order valence-electron chi connectivity index (χ0n) is 16.5. The van der Waals surface area contributed by atoms with E-state index in [4.69, 9.17) is 11.6 Å². The Morgan fingerprint density at radius 2 is 1.91 bits per heavy atom. The van der Waals surface area contributed by atoms with Crippen LogP contribution in [0.2, 0.25) is 5.02 Å². The first-order chi connectivity index (χ1) is 15.3. The number of benzene rings is 2.